The number of hydrogen-bond acceptors (Lipinski definition) is 11. The van der Waals surface area contributed by atoms with Gasteiger partial charge in [-0.2, -0.15) is 0 Å². The fraction of sp³-hybridized carbons (Fsp3) is 0.576. The lowest BCUT2D eigenvalue weighted by Crippen LogP contribution is -2.80. The van der Waals surface area contributed by atoms with Crippen molar-refractivity contribution in [1.82, 2.24) is 0 Å². The Labute approximate surface area is 256 Å². The van der Waals surface area contributed by atoms with Crippen molar-refractivity contribution in [2.75, 3.05) is 0 Å². The summed E-state index contributed by atoms with van der Waals surface area (Å²) in [5.74, 6) is -6.79. The molecule has 0 aromatic heterocycles. The summed E-state index contributed by atoms with van der Waals surface area (Å²) in [6.07, 6.45) is -4.84. The monoisotopic (exact) mass is 612 g/mol. The summed E-state index contributed by atoms with van der Waals surface area (Å²) in [6.45, 7) is 13.7. The summed E-state index contributed by atoms with van der Waals surface area (Å²) >= 11 is 0. The molecule has 1 aromatic carbocycles. The number of Topliss-reactive ketones (excluding diaryl/α,β-unsaturated/α-hetero) is 2. The van der Waals surface area contributed by atoms with Crippen LogP contribution in [0.5, 0.6) is 0 Å². The Morgan fingerprint density at radius 3 is 1.95 bits per heavy atom. The minimum absolute atomic E-state index is 0.150. The first kappa shape index (κ1) is 33.0. The zero-order valence-corrected chi connectivity index (χ0v) is 26.1. The Morgan fingerprint density at radius 2 is 1.43 bits per heavy atom. The summed E-state index contributed by atoms with van der Waals surface area (Å²) in [4.78, 5) is 79.5. The number of fused-ring (bicyclic) bond motifs is 3. The summed E-state index contributed by atoms with van der Waals surface area (Å²) in [6, 6.07) is 7.97. The first-order valence-electron chi connectivity index (χ1n) is 14.6. The van der Waals surface area contributed by atoms with Crippen LogP contribution in [0.2, 0.25) is 0 Å². The molecule has 0 amide bonds. The van der Waals surface area contributed by atoms with Crippen LogP contribution >= 0.6 is 0 Å². The molecule has 0 unspecified atom stereocenters. The second-order valence-corrected chi connectivity index (χ2v) is 13.2. The fourth-order valence-corrected chi connectivity index (χ4v) is 8.15. The average Bonchev–Trinajstić information content (AvgIpc) is 2.93. The molecule has 9 atom stereocenters. The molecule has 1 aromatic rings. The van der Waals surface area contributed by atoms with Gasteiger partial charge in [-0.3, -0.25) is 24.0 Å². The molecular weight excluding hydrogens is 572 g/mol. The Hall–Kier alpha value is -3.86. The summed E-state index contributed by atoms with van der Waals surface area (Å²) in [5.41, 5.74) is -6.64. The number of benzene rings is 1. The molecule has 0 bridgehead atoms. The number of ether oxygens (including phenoxy) is 4. The average molecular weight is 613 g/mol. The van der Waals surface area contributed by atoms with E-state index < -0.39 is 93.5 Å². The molecule has 0 heterocycles. The van der Waals surface area contributed by atoms with Gasteiger partial charge < -0.3 is 24.1 Å². The molecule has 1 N–H and O–H groups in total. The van der Waals surface area contributed by atoms with Gasteiger partial charge in [0.15, 0.2) is 17.5 Å². The molecular formula is C33H40O11. The van der Waals surface area contributed by atoms with E-state index in [1.165, 1.54) is 32.1 Å². The van der Waals surface area contributed by atoms with Gasteiger partial charge in [0.2, 0.25) is 0 Å². The van der Waals surface area contributed by atoms with E-state index in [-0.39, 0.29) is 18.4 Å². The van der Waals surface area contributed by atoms with Crippen LogP contribution in [0.3, 0.4) is 0 Å². The summed E-state index contributed by atoms with van der Waals surface area (Å²) < 4.78 is 23.3. The van der Waals surface area contributed by atoms with Gasteiger partial charge in [-0.25, -0.2) is 4.79 Å². The van der Waals surface area contributed by atoms with Gasteiger partial charge in [-0.1, -0.05) is 45.0 Å². The van der Waals surface area contributed by atoms with Gasteiger partial charge in [0.25, 0.3) is 0 Å². The number of carbonyl (C=O) groups excluding carboxylic acids is 6. The third-order valence-electron chi connectivity index (χ3n) is 9.94. The zero-order valence-electron chi connectivity index (χ0n) is 26.1. The highest BCUT2D eigenvalue weighted by molar-refractivity contribution is 6.06. The molecule has 0 saturated heterocycles. The zero-order chi connectivity index (χ0) is 33.0. The minimum Gasteiger partial charge on any atom is -0.459 e. The lowest BCUT2D eigenvalue weighted by molar-refractivity contribution is -0.295. The van der Waals surface area contributed by atoms with Gasteiger partial charge in [0, 0.05) is 38.0 Å². The van der Waals surface area contributed by atoms with Crippen molar-refractivity contribution in [1.29, 1.82) is 0 Å². The summed E-state index contributed by atoms with van der Waals surface area (Å²) in [7, 11) is 0. The number of esters is 4. The van der Waals surface area contributed by atoms with Crippen molar-refractivity contribution in [3.63, 3.8) is 0 Å². The van der Waals surface area contributed by atoms with Gasteiger partial charge in [0.1, 0.15) is 24.1 Å². The quantitative estimate of drug-likeness (QED) is 0.286. The number of rotatable bonds is 6. The van der Waals surface area contributed by atoms with Crippen molar-refractivity contribution in [3.8, 4) is 0 Å². The molecule has 4 rings (SSSR count). The van der Waals surface area contributed by atoms with E-state index in [0.29, 0.717) is 0 Å². The van der Waals surface area contributed by atoms with E-state index in [0.717, 1.165) is 13.8 Å². The van der Waals surface area contributed by atoms with E-state index in [1.807, 2.05) is 0 Å². The van der Waals surface area contributed by atoms with Crippen LogP contribution in [0.15, 0.2) is 43.0 Å². The number of hydrogen-bond donors (Lipinski definition) is 1. The first-order chi connectivity index (χ1) is 20.3. The normalized spacial score (nSPS) is 37.5. The second-order valence-electron chi connectivity index (χ2n) is 13.2. The number of carbonyl (C=O) groups is 6. The number of allylic oxidation sites excluding steroid dienone is 1. The second kappa shape index (κ2) is 11.3. The van der Waals surface area contributed by atoms with Crippen LogP contribution < -0.4 is 0 Å². The largest absolute Gasteiger partial charge is 0.459 e. The Bertz CT molecular complexity index is 1400. The molecule has 3 fully saturated rings. The van der Waals surface area contributed by atoms with Crippen molar-refractivity contribution in [2.45, 2.75) is 91.3 Å². The molecule has 44 heavy (non-hydrogen) atoms. The molecule has 11 nitrogen and oxygen atoms in total. The van der Waals surface area contributed by atoms with E-state index >= 15 is 0 Å². The van der Waals surface area contributed by atoms with Crippen molar-refractivity contribution >= 4 is 35.4 Å². The van der Waals surface area contributed by atoms with Gasteiger partial charge in [-0.05, 0) is 31.4 Å². The first-order valence-corrected chi connectivity index (χ1v) is 14.6. The van der Waals surface area contributed by atoms with Crippen LogP contribution in [0.25, 0.3) is 0 Å². The third-order valence-corrected chi connectivity index (χ3v) is 9.94. The third kappa shape index (κ3) is 5.04. The Morgan fingerprint density at radius 1 is 0.864 bits per heavy atom. The smallest absolute Gasteiger partial charge is 0.338 e. The number of ketones is 2. The topological polar surface area (TPSA) is 160 Å². The molecule has 0 spiro atoms. The Kier molecular flexibility index (Phi) is 8.45. The molecule has 3 aliphatic carbocycles. The minimum atomic E-state index is -2.56. The van der Waals surface area contributed by atoms with E-state index in [2.05, 4.69) is 6.58 Å². The van der Waals surface area contributed by atoms with Gasteiger partial charge >= 0.3 is 23.9 Å². The molecule has 3 aliphatic rings. The van der Waals surface area contributed by atoms with Crippen molar-refractivity contribution in [3.05, 3.63) is 48.6 Å². The van der Waals surface area contributed by atoms with Crippen molar-refractivity contribution < 1.29 is 52.8 Å². The highest BCUT2D eigenvalue weighted by atomic mass is 16.6. The van der Waals surface area contributed by atoms with Crippen LogP contribution in [-0.4, -0.2) is 70.6 Å². The Balaban J connectivity index is 2.03. The fourth-order valence-electron chi connectivity index (χ4n) is 8.15. The molecule has 0 aliphatic heterocycles. The maximum absolute atomic E-state index is 14.3. The van der Waals surface area contributed by atoms with Crippen LogP contribution in [0, 0.1) is 28.1 Å². The molecule has 238 valence electrons. The van der Waals surface area contributed by atoms with E-state index in [4.69, 9.17) is 18.9 Å². The van der Waals surface area contributed by atoms with Crippen molar-refractivity contribution in [2.24, 2.45) is 28.1 Å². The highest BCUT2D eigenvalue weighted by Gasteiger charge is 2.78. The lowest BCUT2D eigenvalue weighted by atomic mass is 9.39. The number of aliphatic hydroxyl groups is 1. The maximum Gasteiger partial charge on any atom is 0.338 e. The molecule has 11 heteroatoms. The maximum atomic E-state index is 14.3. The molecule has 0 radical (unpaired) electrons. The van der Waals surface area contributed by atoms with Gasteiger partial charge in [-0.15, -0.1) is 6.58 Å². The van der Waals surface area contributed by atoms with Crippen LogP contribution in [-0.2, 0) is 42.9 Å². The molecule has 3 saturated carbocycles. The van der Waals surface area contributed by atoms with Crippen LogP contribution in [0.4, 0.5) is 0 Å². The van der Waals surface area contributed by atoms with E-state index in [9.17, 15) is 33.9 Å². The summed E-state index contributed by atoms with van der Waals surface area (Å²) in [5, 5.41) is 12.5. The van der Waals surface area contributed by atoms with Crippen LogP contribution in [0.1, 0.15) is 71.7 Å². The predicted octanol–water partition coefficient (Wildman–Crippen LogP) is 3.15. The SMILES string of the molecule is C=C[C@@]1(C)CC(=O)[C@H]2[C@](O)(C1=O)[C@H](OC(C)=O)C[C@H]1C(C)(C)[C@H](OC(C)=O)[C@H](OC(C)=O)[C@H](OC(=O)c3ccccc3)[C@@]12C. The lowest BCUT2D eigenvalue weighted by Gasteiger charge is -2.67. The predicted molar refractivity (Wildman–Crippen MR) is 154 cm³/mol. The van der Waals surface area contributed by atoms with E-state index in [1.54, 1.807) is 39.0 Å². The standard InChI is InChI=1S/C33H40O11/c1-9-31(7)16-21(37)25-32(8)22(15-23(41-17(2)34)33(25,40)29(31)39)30(5,6)26(43-19(4)36)24(42-18(3)35)27(32)44-28(38)20-13-11-10-12-14-20/h9-14,22-27,40H,1,15-16H2,2-8H3/t22-,23+,24-,25+,26+,27-,31-,32-,33-/m0/s1. The highest BCUT2D eigenvalue weighted by Crippen LogP contribution is 2.66. The van der Waals surface area contributed by atoms with Gasteiger partial charge in [0.05, 0.1) is 16.9 Å².